The van der Waals surface area contributed by atoms with Gasteiger partial charge in [-0.25, -0.2) is 13.4 Å². The Hall–Kier alpha value is -2.92. The summed E-state index contributed by atoms with van der Waals surface area (Å²) >= 11 is 0. The monoisotopic (exact) mass is 437 g/mol. The van der Waals surface area contributed by atoms with Crippen LogP contribution in [0.25, 0.3) is 0 Å². The zero-order valence-corrected chi connectivity index (χ0v) is 16.4. The van der Waals surface area contributed by atoms with Crippen LogP contribution in [0.1, 0.15) is 30.1 Å². The first-order valence-corrected chi connectivity index (χ1v) is 10.6. The molecule has 0 aliphatic carbocycles. The van der Waals surface area contributed by atoms with Crippen LogP contribution < -0.4 is 5.32 Å². The van der Waals surface area contributed by atoms with Crippen molar-refractivity contribution in [2.45, 2.75) is 30.0 Å². The number of aromatic nitrogens is 3. The number of rotatable bonds is 5. The number of aromatic amines is 1. The highest BCUT2D eigenvalue weighted by atomic mass is 32.2. The summed E-state index contributed by atoms with van der Waals surface area (Å²) in [6, 6.07) is 10.3. The lowest BCUT2D eigenvalue weighted by molar-refractivity contribution is -0.137. The Morgan fingerprint density at radius 2 is 1.93 bits per heavy atom. The van der Waals surface area contributed by atoms with Gasteiger partial charge in [0.05, 0.1) is 22.2 Å². The number of benzene rings is 1. The van der Waals surface area contributed by atoms with Crippen LogP contribution in [0.4, 0.5) is 24.8 Å². The average molecular weight is 437 g/mol. The van der Waals surface area contributed by atoms with E-state index in [9.17, 15) is 21.6 Å². The highest BCUT2D eigenvalue weighted by Gasteiger charge is 2.38. The Balaban J connectivity index is 1.59. The molecular weight excluding hydrogens is 419 g/mol. The van der Waals surface area contributed by atoms with Crippen LogP contribution in [0.2, 0.25) is 0 Å². The molecule has 7 nitrogen and oxygen atoms in total. The number of nitrogens with one attached hydrogen (secondary N) is 2. The summed E-state index contributed by atoms with van der Waals surface area (Å²) in [4.78, 5) is 3.76. The highest BCUT2D eigenvalue weighted by Crippen LogP contribution is 2.38. The van der Waals surface area contributed by atoms with Gasteiger partial charge >= 0.3 is 6.18 Å². The molecule has 2 aromatic heterocycles. The second-order valence-corrected chi connectivity index (χ2v) is 8.74. The number of sulfonamides is 1. The quantitative estimate of drug-likeness (QED) is 0.627. The van der Waals surface area contributed by atoms with Gasteiger partial charge in [-0.2, -0.15) is 22.6 Å². The van der Waals surface area contributed by atoms with Crippen LogP contribution >= 0.6 is 0 Å². The molecule has 0 spiro atoms. The van der Waals surface area contributed by atoms with Crippen LogP contribution in [0.5, 0.6) is 0 Å². The number of H-pyrrole nitrogens is 1. The molecule has 0 saturated carbocycles. The molecule has 0 unspecified atom stereocenters. The Kier molecular flexibility index (Phi) is 5.24. The minimum Gasteiger partial charge on any atom is -0.323 e. The molecule has 2 N–H and O–H groups in total. The molecule has 1 aliphatic rings. The van der Waals surface area contributed by atoms with E-state index >= 15 is 0 Å². The molecule has 11 heteroatoms. The first kappa shape index (κ1) is 20.4. The Labute approximate surface area is 171 Å². The maximum absolute atomic E-state index is 13.1. The van der Waals surface area contributed by atoms with Crippen molar-refractivity contribution < 1.29 is 21.6 Å². The summed E-state index contributed by atoms with van der Waals surface area (Å²) in [7, 11) is -4.12. The Morgan fingerprint density at radius 3 is 2.67 bits per heavy atom. The number of anilines is 2. The maximum Gasteiger partial charge on any atom is 0.416 e. The lowest BCUT2D eigenvalue weighted by Gasteiger charge is -2.23. The third kappa shape index (κ3) is 4.03. The summed E-state index contributed by atoms with van der Waals surface area (Å²) < 4.78 is 66.5. The molecule has 3 heterocycles. The fourth-order valence-corrected chi connectivity index (χ4v) is 5.17. The van der Waals surface area contributed by atoms with Crippen molar-refractivity contribution in [2.24, 2.45) is 0 Å². The SMILES string of the molecule is O=S(=O)(c1cccc(C(F)(F)F)c1)N1CCC[C@@H]1c1cc(Nc2ccccn2)n[nH]1. The van der Waals surface area contributed by atoms with Gasteiger partial charge in [0, 0.05) is 18.8 Å². The zero-order valence-electron chi connectivity index (χ0n) is 15.6. The van der Waals surface area contributed by atoms with Crippen molar-refractivity contribution in [1.82, 2.24) is 19.5 Å². The lowest BCUT2D eigenvalue weighted by atomic mass is 10.2. The van der Waals surface area contributed by atoms with Gasteiger partial charge < -0.3 is 5.32 Å². The van der Waals surface area contributed by atoms with E-state index in [0.29, 0.717) is 36.2 Å². The molecule has 30 heavy (non-hydrogen) atoms. The van der Waals surface area contributed by atoms with Gasteiger partial charge in [0.15, 0.2) is 5.82 Å². The van der Waals surface area contributed by atoms with E-state index in [0.717, 1.165) is 12.1 Å². The van der Waals surface area contributed by atoms with Crippen LogP contribution in [0, 0.1) is 0 Å². The second kappa shape index (κ2) is 7.73. The smallest absolute Gasteiger partial charge is 0.323 e. The molecule has 1 saturated heterocycles. The minimum atomic E-state index is -4.62. The standard InChI is InChI=1S/C19H18F3N5O2S/c20-19(21,22)13-5-3-6-14(11-13)30(28,29)27-10-4-7-16(27)15-12-18(26-25-15)24-17-8-1-2-9-23-17/h1-3,5-6,8-9,11-12,16H,4,7,10H2,(H2,23,24,25,26)/t16-/m1/s1. The molecule has 4 rings (SSSR count). The van der Waals surface area contributed by atoms with Crippen molar-refractivity contribution in [1.29, 1.82) is 0 Å². The first-order chi connectivity index (χ1) is 14.2. The van der Waals surface area contributed by atoms with Gasteiger partial charge in [0.25, 0.3) is 0 Å². The molecule has 1 aliphatic heterocycles. The highest BCUT2D eigenvalue weighted by molar-refractivity contribution is 7.89. The zero-order chi connectivity index (χ0) is 21.4. The lowest BCUT2D eigenvalue weighted by Crippen LogP contribution is -2.31. The number of pyridine rings is 1. The van der Waals surface area contributed by atoms with E-state index in [4.69, 9.17) is 0 Å². The van der Waals surface area contributed by atoms with Crippen LogP contribution in [0.15, 0.2) is 59.6 Å². The Morgan fingerprint density at radius 1 is 1.10 bits per heavy atom. The predicted octanol–water partition coefficient (Wildman–Crippen LogP) is 4.09. The largest absolute Gasteiger partial charge is 0.416 e. The van der Waals surface area contributed by atoms with Crippen molar-refractivity contribution in [2.75, 3.05) is 11.9 Å². The van der Waals surface area contributed by atoms with Crippen LogP contribution in [-0.2, 0) is 16.2 Å². The first-order valence-electron chi connectivity index (χ1n) is 9.17. The summed E-state index contributed by atoms with van der Waals surface area (Å²) in [5, 5.41) is 9.99. The Bertz CT molecular complexity index is 1130. The van der Waals surface area contributed by atoms with Gasteiger partial charge in [-0.3, -0.25) is 5.10 Å². The van der Waals surface area contributed by atoms with Crippen LogP contribution in [0.3, 0.4) is 0 Å². The van der Waals surface area contributed by atoms with E-state index in [1.165, 1.54) is 10.4 Å². The van der Waals surface area contributed by atoms with E-state index in [-0.39, 0.29) is 11.4 Å². The van der Waals surface area contributed by atoms with E-state index in [1.54, 1.807) is 24.4 Å². The van der Waals surface area contributed by atoms with Gasteiger partial charge in [0.1, 0.15) is 5.82 Å². The third-order valence-electron chi connectivity index (χ3n) is 4.85. The van der Waals surface area contributed by atoms with Gasteiger partial charge in [-0.1, -0.05) is 12.1 Å². The van der Waals surface area contributed by atoms with Crippen molar-refractivity contribution in [3.8, 4) is 0 Å². The molecule has 0 amide bonds. The average Bonchev–Trinajstić information content (AvgIpc) is 3.38. The third-order valence-corrected chi connectivity index (χ3v) is 6.75. The van der Waals surface area contributed by atoms with Gasteiger partial charge in [0.2, 0.25) is 10.0 Å². The second-order valence-electron chi connectivity index (χ2n) is 6.85. The normalized spacial score (nSPS) is 17.9. The molecule has 1 aromatic carbocycles. The van der Waals surface area contributed by atoms with Gasteiger partial charge in [-0.15, -0.1) is 0 Å². The van der Waals surface area contributed by atoms with E-state index in [1.807, 2.05) is 6.07 Å². The molecule has 1 atom stereocenters. The molecule has 158 valence electrons. The molecule has 0 radical (unpaired) electrons. The molecular formula is C19H18F3N5O2S. The van der Waals surface area contributed by atoms with E-state index in [2.05, 4.69) is 20.5 Å². The molecule has 1 fully saturated rings. The number of alkyl halides is 3. The fraction of sp³-hybridized carbons (Fsp3) is 0.263. The number of hydrogen-bond acceptors (Lipinski definition) is 5. The summed E-state index contributed by atoms with van der Waals surface area (Å²) in [5.74, 6) is 1.04. The molecule has 3 aromatic rings. The summed E-state index contributed by atoms with van der Waals surface area (Å²) in [5.41, 5.74) is -0.441. The number of nitrogens with zero attached hydrogens (tertiary/aromatic N) is 3. The van der Waals surface area contributed by atoms with Crippen LogP contribution in [-0.4, -0.2) is 34.4 Å². The summed E-state index contributed by atoms with van der Waals surface area (Å²) in [6.07, 6.45) is -1.88. The number of hydrogen-bond donors (Lipinski definition) is 2. The topological polar surface area (TPSA) is 91.0 Å². The number of halogens is 3. The van der Waals surface area contributed by atoms with E-state index < -0.39 is 27.8 Å². The van der Waals surface area contributed by atoms with Gasteiger partial charge in [-0.05, 0) is 43.2 Å². The summed E-state index contributed by atoms with van der Waals surface area (Å²) in [6.45, 7) is 0.214. The maximum atomic E-state index is 13.1. The fourth-order valence-electron chi connectivity index (χ4n) is 3.45. The van der Waals surface area contributed by atoms with Crippen molar-refractivity contribution in [3.63, 3.8) is 0 Å². The molecule has 0 bridgehead atoms. The van der Waals surface area contributed by atoms with Crippen molar-refractivity contribution >= 4 is 21.7 Å². The predicted molar refractivity (Wildman–Crippen MR) is 103 cm³/mol. The minimum absolute atomic E-state index is 0.214. The van der Waals surface area contributed by atoms with Crippen molar-refractivity contribution in [3.05, 3.63) is 66.0 Å².